The molecule has 1 saturated carbocycles. The highest BCUT2D eigenvalue weighted by Gasteiger charge is 2.40. The lowest BCUT2D eigenvalue weighted by Crippen LogP contribution is -2.55. The number of amides is 2. The summed E-state index contributed by atoms with van der Waals surface area (Å²) >= 11 is 1.44. The summed E-state index contributed by atoms with van der Waals surface area (Å²) in [5.41, 5.74) is 8.47. The van der Waals surface area contributed by atoms with Gasteiger partial charge in [0.25, 0.3) is 0 Å². The van der Waals surface area contributed by atoms with E-state index in [9.17, 15) is 19.5 Å². The molecule has 0 unspecified atom stereocenters. The highest BCUT2D eigenvalue weighted by atomic mass is 32.1. The first-order chi connectivity index (χ1) is 38.7. The van der Waals surface area contributed by atoms with Crippen LogP contribution in [0.15, 0.2) is 90.3 Å². The zero-order chi connectivity index (χ0) is 54.9. The fourth-order valence-corrected chi connectivity index (χ4v) is 13.0. The summed E-state index contributed by atoms with van der Waals surface area (Å²) in [4.78, 5) is 57.7. The van der Waals surface area contributed by atoms with Crippen molar-refractivity contribution in [2.45, 2.75) is 154 Å². The number of ether oxygens (including phenoxy) is 1. The Morgan fingerprint density at radius 3 is 2.20 bits per heavy atom. The van der Waals surface area contributed by atoms with Crippen molar-refractivity contribution in [2.24, 2.45) is 5.92 Å². The average molecular weight is 1090 g/mol. The van der Waals surface area contributed by atoms with E-state index in [1.54, 1.807) is 7.05 Å². The first kappa shape index (κ1) is 57.7. The van der Waals surface area contributed by atoms with E-state index in [0.717, 1.165) is 129 Å². The summed E-state index contributed by atoms with van der Waals surface area (Å²) in [5.74, 6) is 1.53. The van der Waals surface area contributed by atoms with Crippen LogP contribution in [0.25, 0.3) is 28.0 Å². The Kier molecular flexibility index (Phi) is 21.1. The molecule has 1 aliphatic carbocycles. The van der Waals surface area contributed by atoms with Crippen LogP contribution in [0, 0.1) is 12.8 Å². The summed E-state index contributed by atoms with van der Waals surface area (Å²) in [5, 5.41) is 23.3. The fourth-order valence-electron chi connectivity index (χ4n) is 12.0. The van der Waals surface area contributed by atoms with Gasteiger partial charge in [0.15, 0.2) is 5.65 Å². The molecule has 6 aromatic rings. The van der Waals surface area contributed by atoms with Gasteiger partial charge in [0.1, 0.15) is 28.3 Å². The summed E-state index contributed by atoms with van der Waals surface area (Å²) in [7, 11) is 1.75. The van der Waals surface area contributed by atoms with Crippen LogP contribution >= 0.6 is 11.3 Å². The summed E-state index contributed by atoms with van der Waals surface area (Å²) in [6.45, 7) is 9.59. The number of aliphatic hydroxyl groups is 1. The number of nitrogens with zero attached hydrogens (tertiary/aromatic N) is 7. The number of benzene rings is 3. The predicted octanol–water partition coefficient (Wildman–Crippen LogP) is 11.4. The molecule has 3 aromatic heterocycles. The van der Waals surface area contributed by atoms with Crippen molar-refractivity contribution >= 4 is 40.4 Å². The Morgan fingerprint density at radius 2 is 1.47 bits per heavy atom. The molecule has 79 heavy (non-hydrogen) atoms. The van der Waals surface area contributed by atoms with Gasteiger partial charge in [0, 0.05) is 67.4 Å². The van der Waals surface area contributed by atoms with Crippen LogP contribution in [0.1, 0.15) is 161 Å². The van der Waals surface area contributed by atoms with Crippen molar-refractivity contribution in [1.82, 2.24) is 40.0 Å². The van der Waals surface area contributed by atoms with Crippen LogP contribution in [-0.2, 0) is 16.0 Å². The van der Waals surface area contributed by atoms with Gasteiger partial charge in [-0.2, -0.15) is 9.61 Å². The molecule has 3 N–H and O–H groups in total. The topological polar surface area (TPSA) is 158 Å². The second-order valence-corrected chi connectivity index (χ2v) is 23.2. The Morgan fingerprint density at radius 1 is 0.759 bits per heavy atom. The Hall–Kier alpha value is -6.00. The number of carbonyl (C=O) groups is 3. The normalized spacial score (nSPS) is 17.1. The molecular formula is C64H85N9O5S. The van der Waals surface area contributed by atoms with E-state index in [2.05, 4.69) is 86.5 Å². The van der Waals surface area contributed by atoms with Gasteiger partial charge in [0.05, 0.1) is 36.7 Å². The van der Waals surface area contributed by atoms with Crippen molar-refractivity contribution in [1.29, 1.82) is 0 Å². The number of ketones is 1. The summed E-state index contributed by atoms with van der Waals surface area (Å²) in [6, 6.07) is 27.9. The molecule has 0 bridgehead atoms. The highest BCUT2D eigenvalue weighted by Crippen LogP contribution is 2.38. The van der Waals surface area contributed by atoms with E-state index in [0.29, 0.717) is 36.7 Å². The maximum absolute atomic E-state index is 14.2. The monoisotopic (exact) mass is 1090 g/mol. The van der Waals surface area contributed by atoms with Crippen molar-refractivity contribution in [2.75, 3.05) is 64.4 Å². The number of thiazole rings is 1. The molecule has 2 amide bonds. The lowest BCUT2D eigenvalue weighted by Gasteiger charge is -2.35. The molecule has 422 valence electrons. The minimum atomic E-state index is -0.558. The Labute approximate surface area is 472 Å². The van der Waals surface area contributed by atoms with Crippen LogP contribution < -0.4 is 20.3 Å². The molecular weight excluding hydrogens is 1010 g/mol. The Balaban J connectivity index is 0.663. The van der Waals surface area contributed by atoms with Gasteiger partial charge in [-0.3, -0.25) is 19.3 Å². The maximum atomic E-state index is 14.2. The number of hydrogen-bond acceptors (Lipinski definition) is 12. The third-order valence-electron chi connectivity index (χ3n) is 16.7. The molecule has 0 radical (unpaired) electrons. The molecule has 9 rings (SSSR count). The number of aryl methyl sites for hydroxylation is 2. The number of likely N-dealkylation sites (N-methyl/N-ethyl adjacent to an activating group) is 1. The van der Waals surface area contributed by atoms with Crippen LogP contribution in [0.2, 0.25) is 0 Å². The zero-order valence-corrected chi connectivity index (χ0v) is 48.0. The number of β-amino-alcohol motifs (C(OH)–C–C–N with tert-alkyl or cyclic N) is 1. The number of unbranched alkanes of at least 4 members (excludes halogenated alkanes) is 10. The third-order valence-corrected chi connectivity index (χ3v) is 17.7. The van der Waals surface area contributed by atoms with E-state index in [1.807, 2.05) is 47.5 Å². The van der Waals surface area contributed by atoms with Gasteiger partial charge in [-0.15, -0.1) is 11.3 Å². The number of carbonyl (C=O) groups excluding carboxylic acids is 3. The quantitative estimate of drug-likeness (QED) is 0.0317. The molecule has 0 spiro atoms. The predicted molar refractivity (Wildman–Crippen MR) is 317 cm³/mol. The number of anilines is 1. The molecule has 2 aliphatic heterocycles. The molecule has 15 heteroatoms. The summed E-state index contributed by atoms with van der Waals surface area (Å²) < 4.78 is 8.18. The number of piperazine rings is 1. The number of aromatic nitrogens is 4. The van der Waals surface area contributed by atoms with E-state index in [1.165, 1.54) is 80.3 Å². The van der Waals surface area contributed by atoms with Crippen molar-refractivity contribution in [3.05, 3.63) is 118 Å². The molecule has 2 saturated heterocycles. The van der Waals surface area contributed by atoms with Crippen LogP contribution in [-0.4, -0.2) is 124 Å². The van der Waals surface area contributed by atoms with E-state index in [-0.39, 0.29) is 36.2 Å². The fraction of sp³-hybridized carbons (Fsp3) is 0.531. The smallest absolute Gasteiger partial charge is 0.246 e. The zero-order valence-electron chi connectivity index (χ0n) is 47.2. The number of nitrogens with one attached hydrogen (secondary N) is 2. The third kappa shape index (κ3) is 15.1. The molecule has 3 aromatic carbocycles. The van der Waals surface area contributed by atoms with Crippen molar-refractivity contribution in [3.63, 3.8) is 0 Å². The van der Waals surface area contributed by atoms with Crippen LogP contribution in [0.5, 0.6) is 5.75 Å². The van der Waals surface area contributed by atoms with Crippen molar-refractivity contribution < 1.29 is 24.2 Å². The molecule has 14 nitrogen and oxygen atoms in total. The van der Waals surface area contributed by atoms with Gasteiger partial charge in [-0.1, -0.05) is 144 Å². The van der Waals surface area contributed by atoms with Crippen molar-refractivity contribution in [3.8, 4) is 28.1 Å². The van der Waals surface area contributed by atoms with Crippen LogP contribution in [0.3, 0.4) is 0 Å². The van der Waals surface area contributed by atoms with Gasteiger partial charge >= 0.3 is 0 Å². The second-order valence-electron chi connectivity index (χ2n) is 22.3. The van der Waals surface area contributed by atoms with E-state index < -0.39 is 12.1 Å². The lowest BCUT2D eigenvalue weighted by atomic mass is 9.83. The number of fused-ring (bicyclic) bond motifs is 1. The number of likely N-dealkylation sites (tertiary alicyclic amines) is 1. The first-order valence-electron chi connectivity index (χ1n) is 29.8. The average Bonchev–Trinajstić information content (AvgIpc) is 4.46. The SMILES string of the molecule is CN[C@@H](C)C(=O)N[C@H](C(=O)N1CCC[C@H]1c1nc(C(=O)c2cccc(OCCCCCCCCCCCCCc3cccc(-c4c(C)nn5c(N6CCN(CCO)CC6)cc(-c6ccccc6)nc45)c3)c2)cs1)C1CCCCC1. The molecule has 3 aliphatic rings. The van der Waals surface area contributed by atoms with Gasteiger partial charge < -0.3 is 30.3 Å². The second kappa shape index (κ2) is 28.9. The molecule has 3 atom stereocenters. The maximum Gasteiger partial charge on any atom is 0.246 e. The summed E-state index contributed by atoms with van der Waals surface area (Å²) in [6.07, 6.45) is 21.2. The van der Waals surface area contributed by atoms with Gasteiger partial charge in [-0.25, -0.2) is 9.97 Å². The molecule has 5 heterocycles. The number of hydrogen-bond donors (Lipinski definition) is 3. The first-order valence-corrected chi connectivity index (χ1v) is 30.7. The van der Waals surface area contributed by atoms with E-state index >= 15 is 0 Å². The minimum Gasteiger partial charge on any atom is -0.494 e. The van der Waals surface area contributed by atoms with E-state index in [4.69, 9.17) is 19.8 Å². The van der Waals surface area contributed by atoms with Gasteiger partial charge in [-0.05, 0) is 95.0 Å². The highest BCUT2D eigenvalue weighted by molar-refractivity contribution is 7.10. The number of aliphatic hydroxyl groups excluding tert-OH is 1. The standard InChI is InChI=1S/C64H85N9O5S/c1-46-58(61-66-54(49-26-16-13-17-27-49)44-57(73(61)69-46)71-37-35-70(36-38-71)39-40-74)51-30-21-25-48(42-51)24-15-11-9-7-5-4-6-8-10-12-20-41-78-53-32-22-31-52(43-53)60(75)55-45-79-63(67-55)56-33-23-34-72(56)64(77)59(50-28-18-14-19-29-50)68-62(76)47(2)65-3/h13,16-17,21-22,25-27,30-32,42-45,47,50,56,59,65,74H,4-12,14-15,18-20,23-24,28-29,33-41H2,1-3H3,(H,68,76)/t47-,56-,59-/m0/s1. The lowest BCUT2D eigenvalue weighted by molar-refractivity contribution is -0.139. The largest absolute Gasteiger partial charge is 0.494 e. The van der Waals surface area contributed by atoms with Gasteiger partial charge in [0.2, 0.25) is 17.6 Å². The minimum absolute atomic E-state index is 0.0307. The number of rotatable bonds is 28. The Bertz CT molecular complexity index is 2910. The van der Waals surface area contributed by atoms with Crippen LogP contribution in [0.4, 0.5) is 5.82 Å². The molecule has 3 fully saturated rings.